The molecule has 0 saturated carbocycles. The number of thiocarbonyl (C=S) groups is 1. The molecule has 0 atom stereocenters. The molecule has 0 bridgehead atoms. The lowest BCUT2D eigenvalue weighted by Gasteiger charge is -2.14. The molecule has 9 heteroatoms. The Labute approximate surface area is 182 Å². The van der Waals surface area contributed by atoms with Crippen molar-refractivity contribution >= 4 is 62.9 Å². The van der Waals surface area contributed by atoms with Gasteiger partial charge in [0.15, 0.2) is 5.11 Å². The Bertz CT molecular complexity index is 1160. The number of nitrogens with zero attached hydrogens (tertiary/aromatic N) is 2. The molecule has 0 aliphatic rings. The molecule has 2 aromatic heterocycles. The third kappa shape index (κ3) is 4.42. The quantitative estimate of drug-likeness (QED) is 0.348. The van der Waals surface area contributed by atoms with Crippen LogP contribution in [0.3, 0.4) is 0 Å². The molecule has 0 unspecified atom stereocenters. The first kappa shape index (κ1) is 19.4. The van der Waals surface area contributed by atoms with Crippen molar-refractivity contribution in [3.05, 3.63) is 64.9 Å². The first-order chi connectivity index (χ1) is 14.0. The van der Waals surface area contributed by atoms with Crippen molar-refractivity contribution in [2.24, 2.45) is 0 Å². The summed E-state index contributed by atoms with van der Waals surface area (Å²) in [4.78, 5) is 12.0. The van der Waals surface area contributed by atoms with E-state index in [1.165, 1.54) is 0 Å². The Balaban J connectivity index is 1.60. The number of hydrogen-bond donors (Lipinski definition) is 3. The normalized spacial score (nSPS) is 10.7. The lowest BCUT2D eigenvalue weighted by molar-refractivity contribution is 0.417. The highest BCUT2D eigenvalue weighted by Gasteiger charge is 2.11. The van der Waals surface area contributed by atoms with E-state index in [9.17, 15) is 0 Å². The number of aromatic nitrogens is 3. The number of fused-ring (bicyclic) bond motifs is 1. The average Bonchev–Trinajstić information content (AvgIpc) is 3.11. The molecule has 0 amide bonds. The van der Waals surface area contributed by atoms with E-state index in [2.05, 4.69) is 25.6 Å². The molecule has 3 N–H and O–H groups in total. The molecule has 29 heavy (non-hydrogen) atoms. The van der Waals surface area contributed by atoms with Crippen LogP contribution in [0.25, 0.3) is 22.4 Å². The summed E-state index contributed by atoms with van der Waals surface area (Å²) in [5, 5.41) is 7.62. The Morgan fingerprint density at radius 3 is 2.59 bits per heavy atom. The van der Waals surface area contributed by atoms with Gasteiger partial charge in [0.2, 0.25) is 0 Å². The average molecular weight is 444 g/mol. The van der Waals surface area contributed by atoms with Crippen LogP contribution in [0.4, 0.5) is 11.4 Å². The Hall–Kier alpha value is -2.87. The lowest BCUT2D eigenvalue weighted by Crippen LogP contribution is -2.19. The third-order valence-electron chi connectivity index (χ3n) is 4.12. The molecule has 0 saturated heterocycles. The highest BCUT2D eigenvalue weighted by molar-refractivity contribution is 7.80. The molecule has 2 aromatic carbocycles. The summed E-state index contributed by atoms with van der Waals surface area (Å²) in [7, 11) is 1.60. The predicted molar refractivity (Wildman–Crippen MR) is 122 cm³/mol. The van der Waals surface area contributed by atoms with Gasteiger partial charge in [-0.05, 0) is 54.7 Å². The summed E-state index contributed by atoms with van der Waals surface area (Å²) in [6.07, 6.45) is 3.45. The Morgan fingerprint density at radius 1 is 1.07 bits per heavy atom. The summed E-state index contributed by atoms with van der Waals surface area (Å²) in [5.41, 5.74) is 3.95. The maximum absolute atomic E-state index is 6.04. The second-order valence-corrected chi connectivity index (χ2v) is 7.41. The molecule has 2 heterocycles. The smallest absolute Gasteiger partial charge is 0.175 e. The monoisotopic (exact) mass is 443 g/mol. The van der Waals surface area contributed by atoms with Crippen molar-refractivity contribution in [1.82, 2.24) is 15.0 Å². The van der Waals surface area contributed by atoms with Gasteiger partial charge in [0.05, 0.1) is 30.0 Å². The van der Waals surface area contributed by atoms with Crippen molar-refractivity contribution in [3.63, 3.8) is 0 Å². The number of H-pyrrole nitrogens is 1. The number of anilines is 2. The van der Waals surface area contributed by atoms with E-state index in [1.807, 2.05) is 24.3 Å². The third-order valence-corrected chi connectivity index (χ3v) is 4.77. The minimum absolute atomic E-state index is 0.368. The van der Waals surface area contributed by atoms with Crippen molar-refractivity contribution in [2.45, 2.75) is 0 Å². The van der Waals surface area contributed by atoms with E-state index in [0.717, 1.165) is 22.4 Å². The van der Waals surface area contributed by atoms with E-state index in [4.69, 9.17) is 40.2 Å². The number of methoxy groups -OCH3 is 1. The summed E-state index contributed by atoms with van der Waals surface area (Å²) in [6.45, 7) is 0. The fraction of sp³-hybridized carbons (Fsp3) is 0.0500. The van der Waals surface area contributed by atoms with E-state index >= 15 is 0 Å². The van der Waals surface area contributed by atoms with Gasteiger partial charge in [0.25, 0.3) is 0 Å². The molecular formula is C20H15Cl2N5OS. The number of pyridine rings is 1. The molecule has 4 rings (SSSR count). The van der Waals surface area contributed by atoms with Gasteiger partial charge in [-0.25, -0.2) is 4.98 Å². The summed E-state index contributed by atoms with van der Waals surface area (Å²) < 4.78 is 5.45. The zero-order valence-electron chi connectivity index (χ0n) is 15.2. The highest BCUT2D eigenvalue weighted by atomic mass is 35.5. The zero-order valence-corrected chi connectivity index (χ0v) is 17.5. The number of ether oxygens (including phenoxy) is 1. The number of imidazole rings is 1. The van der Waals surface area contributed by atoms with E-state index in [0.29, 0.717) is 32.3 Å². The first-order valence-corrected chi connectivity index (χ1v) is 9.70. The van der Waals surface area contributed by atoms with Gasteiger partial charge in [0.1, 0.15) is 11.6 Å². The van der Waals surface area contributed by atoms with Gasteiger partial charge < -0.3 is 20.4 Å². The topological polar surface area (TPSA) is 74.9 Å². The molecule has 6 nitrogen and oxygen atoms in total. The largest absolute Gasteiger partial charge is 0.495 e. The minimum atomic E-state index is 0.368. The number of halogens is 2. The zero-order chi connectivity index (χ0) is 20.4. The molecular weight excluding hydrogens is 429 g/mol. The van der Waals surface area contributed by atoms with Gasteiger partial charge in [-0.1, -0.05) is 23.2 Å². The highest BCUT2D eigenvalue weighted by Crippen LogP contribution is 2.31. The van der Waals surface area contributed by atoms with Crippen LogP contribution in [0.15, 0.2) is 54.9 Å². The molecule has 0 radical (unpaired) electrons. The SMILES string of the molecule is COc1ccc(-c2nc3ccncc3[nH]2)cc1NC(=S)Nc1cc(Cl)cc(Cl)c1. The van der Waals surface area contributed by atoms with Crippen LogP contribution in [0, 0.1) is 0 Å². The second-order valence-electron chi connectivity index (χ2n) is 6.13. The standard InChI is InChI=1S/C20H15Cl2N5OS/c1-28-18-3-2-11(19-25-15-4-5-23-10-17(15)26-19)6-16(18)27-20(29)24-14-8-12(21)7-13(22)9-14/h2-10H,1H3,(H,25,26)(H2,24,27,29). The molecule has 146 valence electrons. The number of rotatable bonds is 4. The van der Waals surface area contributed by atoms with E-state index < -0.39 is 0 Å². The van der Waals surface area contributed by atoms with Crippen LogP contribution >= 0.6 is 35.4 Å². The fourth-order valence-electron chi connectivity index (χ4n) is 2.86. The van der Waals surface area contributed by atoms with Crippen LogP contribution in [-0.2, 0) is 0 Å². The van der Waals surface area contributed by atoms with E-state index in [1.54, 1.807) is 37.7 Å². The van der Waals surface area contributed by atoms with Crippen LogP contribution in [0.2, 0.25) is 10.0 Å². The van der Waals surface area contributed by atoms with Crippen molar-refractivity contribution in [2.75, 3.05) is 17.7 Å². The fourth-order valence-corrected chi connectivity index (χ4v) is 3.61. The van der Waals surface area contributed by atoms with Gasteiger partial charge in [-0.15, -0.1) is 0 Å². The molecule has 0 aliphatic heterocycles. The minimum Gasteiger partial charge on any atom is -0.495 e. The van der Waals surface area contributed by atoms with Gasteiger partial charge in [-0.3, -0.25) is 4.98 Å². The number of benzene rings is 2. The van der Waals surface area contributed by atoms with Crippen molar-refractivity contribution in [3.8, 4) is 17.1 Å². The van der Waals surface area contributed by atoms with Crippen molar-refractivity contribution < 1.29 is 4.74 Å². The van der Waals surface area contributed by atoms with Crippen LogP contribution in [-0.4, -0.2) is 27.2 Å². The van der Waals surface area contributed by atoms with Gasteiger partial charge in [-0.2, -0.15) is 0 Å². The van der Waals surface area contributed by atoms with Gasteiger partial charge >= 0.3 is 0 Å². The summed E-state index contributed by atoms with van der Waals surface area (Å²) in [5.74, 6) is 1.36. The van der Waals surface area contributed by atoms with Gasteiger partial charge in [0, 0.05) is 27.5 Å². The summed E-state index contributed by atoms with van der Waals surface area (Å²) in [6, 6.07) is 12.6. The summed E-state index contributed by atoms with van der Waals surface area (Å²) >= 11 is 17.5. The second kappa shape index (κ2) is 8.24. The number of hydrogen-bond acceptors (Lipinski definition) is 4. The number of aromatic amines is 1. The molecule has 0 spiro atoms. The lowest BCUT2D eigenvalue weighted by atomic mass is 10.1. The van der Waals surface area contributed by atoms with Crippen LogP contribution in [0.1, 0.15) is 0 Å². The number of nitrogens with one attached hydrogen (secondary N) is 3. The maximum atomic E-state index is 6.04. The molecule has 4 aromatic rings. The first-order valence-electron chi connectivity index (χ1n) is 8.54. The van der Waals surface area contributed by atoms with Crippen molar-refractivity contribution in [1.29, 1.82) is 0 Å². The maximum Gasteiger partial charge on any atom is 0.175 e. The molecule has 0 aliphatic carbocycles. The van der Waals surface area contributed by atoms with Crippen LogP contribution < -0.4 is 15.4 Å². The Kier molecular flexibility index (Phi) is 5.53. The van der Waals surface area contributed by atoms with Crippen LogP contribution in [0.5, 0.6) is 5.75 Å². The Morgan fingerprint density at radius 2 is 1.86 bits per heavy atom. The van der Waals surface area contributed by atoms with E-state index in [-0.39, 0.29) is 0 Å². The predicted octanol–water partition coefficient (Wildman–Crippen LogP) is 5.75. The molecule has 0 fully saturated rings.